The molecule has 0 aliphatic carbocycles. The van der Waals surface area contributed by atoms with Crippen molar-refractivity contribution >= 4 is 5.91 Å². The van der Waals surface area contributed by atoms with Crippen LogP contribution in [-0.2, 0) is 11.3 Å². The van der Waals surface area contributed by atoms with Crippen LogP contribution < -0.4 is 10.6 Å². The first-order chi connectivity index (χ1) is 8.90. The van der Waals surface area contributed by atoms with E-state index >= 15 is 0 Å². The van der Waals surface area contributed by atoms with Gasteiger partial charge in [0.2, 0.25) is 5.91 Å². The van der Waals surface area contributed by atoms with Crippen LogP contribution in [0, 0.1) is 17.6 Å². The summed E-state index contributed by atoms with van der Waals surface area (Å²) in [6, 6.07) is 2.98. The Labute approximate surface area is 112 Å². The zero-order chi connectivity index (χ0) is 14.4. The molecule has 0 fully saturated rings. The van der Waals surface area contributed by atoms with Crippen molar-refractivity contribution < 1.29 is 13.6 Å². The minimum atomic E-state index is -0.609. The molecule has 1 atom stereocenters. The number of nitrogens with one attached hydrogen (secondary N) is 2. The molecule has 1 unspecified atom stereocenters. The van der Waals surface area contributed by atoms with E-state index in [-0.39, 0.29) is 12.5 Å². The van der Waals surface area contributed by atoms with E-state index in [0.29, 0.717) is 18.0 Å². The van der Waals surface area contributed by atoms with Gasteiger partial charge in [0, 0.05) is 24.7 Å². The van der Waals surface area contributed by atoms with Crippen molar-refractivity contribution in [2.24, 2.45) is 5.92 Å². The average molecular weight is 270 g/mol. The Morgan fingerprint density at radius 2 is 1.95 bits per heavy atom. The van der Waals surface area contributed by atoms with Crippen molar-refractivity contribution in [1.82, 2.24) is 10.6 Å². The summed E-state index contributed by atoms with van der Waals surface area (Å²) in [6.07, 6.45) is 0. The lowest BCUT2D eigenvalue weighted by atomic mass is 10.2. The number of halogens is 2. The molecular weight excluding hydrogens is 250 g/mol. The van der Waals surface area contributed by atoms with Gasteiger partial charge >= 0.3 is 0 Å². The molecule has 0 radical (unpaired) electrons. The fourth-order valence-corrected chi connectivity index (χ4v) is 1.48. The summed E-state index contributed by atoms with van der Waals surface area (Å²) in [5.41, 5.74) is 0.338. The van der Waals surface area contributed by atoms with E-state index in [1.807, 2.05) is 13.8 Å². The van der Waals surface area contributed by atoms with Gasteiger partial charge in [-0.05, 0) is 18.9 Å². The van der Waals surface area contributed by atoms with Gasteiger partial charge in [-0.3, -0.25) is 4.79 Å². The second-order valence-electron chi connectivity index (χ2n) is 4.98. The van der Waals surface area contributed by atoms with Gasteiger partial charge in [-0.15, -0.1) is 0 Å². The molecule has 0 aliphatic rings. The average Bonchev–Trinajstić information content (AvgIpc) is 2.34. The van der Waals surface area contributed by atoms with Gasteiger partial charge in [-0.2, -0.15) is 0 Å². The van der Waals surface area contributed by atoms with Gasteiger partial charge in [-0.1, -0.05) is 19.9 Å². The lowest BCUT2D eigenvalue weighted by molar-refractivity contribution is -0.122. The van der Waals surface area contributed by atoms with Crippen molar-refractivity contribution in [1.29, 1.82) is 0 Å². The lowest BCUT2D eigenvalue weighted by Crippen LogP contribution is -2.43. The van der Waals surface area contributed by atoms with Crippen LogP contribution in [0.4, 0.5) is 8.78 Å². The van der Waals surface area contributed by atoms with Gasteiger partial charge in [0.15, 0.2) is 0 Å². The Morgan fingerprint density at radius 1 is 1.26 bits per heavy atom. The smallest absolute Gasteiger partial charge is 0.236 e. The highest BCUT2D eigenvalue weighted by molar-refractivity contribution is 5.81. The lowest BCUT2D eigenvalue weighted by Gasteiger charge is -2.15. The number of amides is 1. The Bertz CT molecular complexity index is 435. The number of carbonyl (C=O) groups excluding carboxylic acids is 1. The van der Waals surface area contributed by atoms with Crippen molar-refractivity contribution in [2.75, 3.05) is 6.54 Å². The molecule has 0 saturated carbocycles. The van der Waals surface area contributed by atoms with Gasteiger partial charge in [0.05, 0.1) is 6.04 Å². The van der Waals surface area contributed by atoms with Crippen LogP contribution in [0.25, 0.3) is 0 Å². The molecule has 1 rings (SSSR count). The van der Waals surface area contributed by atoms with Crippen molar-refractivity contribution in [3.05, 3.63) is 35.4 Å². The van der Waals surface area contributed by atoms with E-state index in [9.17, 15) is 13.6 Å². The molecule has 0 aromatic heterocycles. The molecule has 1 aromatic carbocycles. The number of hydrogen-bond donors (Lipinski definition) is 2. The first-order valence-electron chi connectivity index (χ1n) is 6.35. The van der Waals surface area contributed by atoms with Gasteiger partial charge in [0.1, 0.15) is 11.6 Å². The summed E-state index contributed by atoms with van der Waals surface area (Å²) < 4.78 is 26.1. The molecule has 0 heterocycles. The van der Waals surface area contributed by atoms with Gasteiger partial charge in [0.25, 0.3) is 0 Å². The van der Waals surface area contributed by atoms with Crippen molar-refractivity contribution in [2.45, 2.75) is 33.4 Å². The maximum atomic E-state index is 13.4. The quantitative estimate of drug-likeness (QED) is 0.832. The Kier molecular flexibility index (Phi) is 5.89. The first-order valence-corrected chi connectivity index (χ1v) is 6.35. The maximum Gasteiger partial charge on any atom is 0.236 e. The minimum absolute atomic E-state index is 0.129. The van der Waals surface area contributed by atoms with Crippen LogP contribution in [0.5, 0.6) is 0 Å². The second kappa shape index (κ2) is 7.19. The second-order valence-corrected chi connectivity index (χ2v) is 4.98. The Hall–Kier alpha value is -1.49. The SMILES string of the molecule is CC(C)CNC(=O)C(C)NCc1ccc(F)cc1F. The third-order valence-electron chi connectivity index (χ3n) is 2.69. The summed E-state index contributed by atoms with van der Waals surface area (Å²) in [6.45, 7) is 6.51. The Morgan fingerprint density at radius 3 is 2.53 bits per heavy atom. The van der Waals surface area contributed by atoms with E-state index in [1.54, 1.807) is 6.92 Å². The molecule has 1 amide bonds. The number of carbonyl (C=O) groups is 1. The standard InChI is InChI=1S/C14H20F2N2O/c1-9(2)7-18-14(19)10(3)17-8-11-4-5-12(15)6-13(11)16/h4-6,9-10,17H,7-8H2,1-3H3,(H,18,19). The zero-order valence-electron chi connectivity index (χ0n) is 11.5. The summed E-state index contributed by atoms with van der Waals surface area (Å²) in [5.74, 6) is -0.965. The van der Waals surface area contributed by atoms with Crippen LogP contribution in [0.1, 0.15) is 26.3 Å². The topological polar surface area (TPSA) is 41.1 Å². The minimum Gasteiger partial charge on any atom is -0.354 e. The molecule has 3 nitrogen and oxygen atoms in total. The van der Waals surface area contributed by atoms with Crippen LogP contribution in [0.2, 0.25) is 0 Å². The number of benzene rings is 1. The van der Waals surface area contributed by atoms with Crippen LogP contribution in [0.15, 0.2) is 18.2 Å². The fraction of sp³-hybridized carbons (Fsp3) is 0.500. The molecule has 106 valence electrons. The fourth-order valence-electron chi connectivity index (χ4n) is 1.48. The van der Waals surface area contributed by atoms with E-state index in [4.69, 9.17) is 0 Å². The summed E-state index contributed by atoms with van der Waals surface area (Å²) in [4.78, 5) is 11.7. The number of hydrogen-bond acceptors (Lipinski definition) is 2. The van der Waals surface area contributed by atoms with Crippen LogP contribution in [0.3, 0.4) is 0 Å². The monoisotopic (exact) mass is 270 g/mol. The summed E-state index contributed by atoms with van der Waals surface area (Å²) in [7, 11) is 0. The predicted molar refractivity (Wildman–Crippen MR) is 70.5 cm³/mol. The molecule has 0 bridgehead atoms. The molecule has 0 aliphatic heterocycles. The third kappa shape index (κ3) is 5.34. The highest BCUT2D eigenvalue weighted by Gasteiger charge is 2.13. The van der Waals surface area contributed by atoms with E-state index in [2.05, 4.69) is 10.6 Å². The molecule has 0 saturated heterocycles. The summed E-state index contributed by atoms with van der Waals surface area (Å²) in [5, 5.41) is 5.69. The van der Waals surface area contributed by atoms with Gasteiger partial charge in [-0.25, -0.2) is 8.78 Å². The zero-order valence-corrected chi connectivity index (χ0v) is 11.5. The van der Waals surface area contributed by atoms with E-state index in [0.717, 1.165) is 6.07 Å². The normalized spacial score (nSPS) is 12.5. The largest absolute Gasteiger partial charge is 0.354 e. The molecule has 19 heavy (non-hydrogen) atoms. The molecule has 2 N–H and O–H groups in total. The van der Waals surface area contributed by atoms with Gasteiger partial charge < -0.3 is 10.6 Å². The van der Waals surface area contributed by atoms with Crippen molar-refractivity contribution in [3.63, 3.8) is 0 Å². The molecular formula is C14H20F2N2O. The van der Waals surface area contributed by atoms with E-state index < -0.39 is 17.7 Å². The van der Waals surface area contributed by atoms with Crippen molar-refractivity contribution in [3.8, 4) is 0 Å². The third-order valence-corrected chi connectivity index (χ3v) is 2.69. The number of rotatable bonds is 6. The molecule has 0 spiro atoms. The predicted octanol–water partition coefficient (Wildman–Crippen LogP) is 2.22. The van der Waals surface area contributed by atoms with Crippen LogP contribution >= 0.6 is 0 Å². The highest BCUT2D eigenvalue weighted by Crippen LogP contribution is 2.09. The van der Waals surface area contributed by atoms with Crippen LogP contribution in [-0.4, -0.2) is 18.5 Å². The molecule has 5 heteroatoms. The maximum absolute atomic E-state index is 13.4. The Balaban J connectivity index is 2.45. The van der Waals surface area contributed by atoms with E-state index in [1.165, 1.54) is 12.1 Å². The highest BCUT2D eigenvalue weighted by atomic mass is 19.1. The first kappa shape index (κ1) is 15.6. The summed E-state index contributed by atoms with van der Waals surface area (Å²) >= 11 is 0. The molecule has 1 aromatic rings.